The van der Waals surface area contributed by atoms with E-state index >= 15 is 0 Å². The van der Waals surface area contributed by atoms with Crippen molar-refractivity contribution in [2.45, 2.75) is 0 Å². The fourth-order valence-corrected chi connectivity index (χ4v) is 0. The Morgan fingerprint density at radius 3 is 1.08 bits per heavy atom. The predicted octanol–water partition coefficient (Wildman–Crippen LogP) is -1.74. The summed E-state index contributed by atoms with van der Waals surface area (Å²) < 4.78 is 40.5. The Kier molecular flexibility index (Phi) is 17.1. The second kappa shape index (κ2) is 8.85. The number of rotatable bonds is 0. The molecule has 0 aliphatic heterocycles. The second-order valence-electron chi connectivity index (χ2n) is 0.961. The summed E-state index contributed by atoms with van der Waals surface area (Å²) >= 11 is 0. The van der Waals surface area contributed by atoms with Crippen LogP contribution in [-0.2, 0) is 32.0 Å². The van der Waals surface area contributed by atoms with E-state index in [-0.39, 0.29) is 43.0 Å². The molecule has 0 unspecified atom stereocenters. The van der Waals surface area contributed by atoms with E-state index in [1.807, 2.05) is 0 Å². The zero-order valence-corrected chi connectivity index (χ0v) is 9.61. The van der Waals surface area contributed by atoms with Gasteiger partial charge in [-0.25, -0.2) is 4.57 Å². The monoisotopic (exact) mass is 278 g/mol. The first kappa shape index (κ1) is 23.2. The van der Waals surface area contributed by atoms with Gasteiger partial charge in [0.25, 0.3) is 0 Å². The van der Waals surface area contributed by atoms with Gasteiger partial charge in [-0.3, -0.25) is 9.11 Å². The van der Waals surface area contributed by atoms with Crippen molar-refractivity contribution < 1.29 is 56.7 Å². The van der Waals surface area contributed by atoms with E-state index < -0.39 is 18.2 Å². The van der Waals surface area contributed by atoms with Gasteiger partial charge in [-0.05, 0) is 0 Å². The fraction of sp³-hybridized carbons (Fsp3) is 0. The average Bonchev–Trinajstić information content (AvgIpc) is 1.12. The van der Waals surface area contributed by atoms with Crippen LogP contribution in [0.3, 0.4) is 0 Å². The first-order chi connectivity index (χ1) is 4.00. The van der Waals surface area contributed by atoms with Crippen molar-refractivity contribution in [3.8, 4) is 0 Å². The first-order valence-corrected chi connectivity index (χ1v) is 4.44. The van der Waals surface area contributed by atoms with Gasteiger partial charge in [0, 0.05) is 17.1 Å². The van der Waals surface area contributed by atoms with Crippen molar-refractivity contribution in [1.29, 1.82) is 0 Å². The molecule has 0 aromatic carbocycles. The Bertz CT molecular complexity index is 205. The van der Waals surface area contributed by atoms with Gasteiger partial charge in [-0.1, -0.05) is 0 Å². The number of phosphoric acid groups is 1. The maximum Gasteiger partial charge on any atom is 2.00 e. The Hall–Kier alpha value is 1.27. The Morgan fingerprint density at radius 1 is 1.08 bits per heavy atom. The topological polar surface area (TPSA) is 152 Å². The minimum atomic E-state index is -4.67. The predicted molar refractivity (Wildman–Crippen MR) is 36.4 cm³/mol. The minimum absolute atomic E-state index is 0. The maximum atomic E-state index is 8.88. The largest absolute Gasteiger partial charge is 2.00 e. The van der Waals surface area contributed by atoms with E-state index in [0.717, 1.165) is 0 Å². The van der Waals surface area contributed by atoms with Crippen LogP contribution in [0.15, 0.2) is 0 Å². The molecule has 0 heterocycles. The van der Waals surface area contributed by atoms with Crippen molar-refractivity contribution >= 4 is 41.3 Å². The number of hydrogen-bond donors (Lipinski definition) is 5. The molecule has 12 heteroatoms. The summed E-state index contributed by atoms with van der Waals surface area (Å²) in [6.45, 7) is 0. The summed E-state index contributed by atoms with van der Waals surface area (Å²) in [7, 11) is -9.31. The summed E-state index contributed by atoms with van der Waals surface area (Å²) in [5.41, 5.74) is 0. The summed E-state index contributed by atoms with van der Waals surface area (Å²) in [6, 6.07) is 0. The summed E-state index contributed by atoms with van der Waals surface area (Å²) in [6.07, 6.45) is 0. The van der Waals surface area contributed by atoms with Gasteiger partial charge >= 0.3 is 41.3 Å². The molecule has 0 aromatic rings. The molecule has 0 rings (SSSR count). The molecule has 0 aromatic heterocycles. The molecule has 0 spiro atoms. The smallest absolute Gasteiger partial charge is 1.00 e. The van der Waals surface area contributed by atoms with Crippen LogP contribution in [0.4, 0.5) is 0 Å². The summed E-state index contributed by atoms with van der Waals surface area (Å²) in [5.74, 6) is 0. The molecule has 0 aliphatic rings. The van der Waals surface area contributed by atoms with Crippen LogP contribution in [0, 0.1) is 0 Å². The van der Waals surface area contributed by atoms with Crippen molar-refractivity contribution in [1.82, 2.24) is 0 Å². The molecular weight excluding hydrogens is 271 g/mol. The third-order valence-corrected chi connectivity index (χ3v) is 0. The zero-order valence-electron chi connectivity index (χ0n) is 7.38. The molecule has 0 saturated heterocycles. The van der Waals surface area contributed by atoms with Crippen LogP contribution >= 0.6 is 7.82 Å². The molecule has 8 nitrogen and oxygen atoms in total. The first-order valence-electron chi connectivity index (χ1n) is 1.48. The molecular formula is H7FeMgO8PS. The van der Waals surface area contributed by atoms with Crippen LogP contribution in [0.2, 0.25) is 0 Å². The Morgan fingerprint density at radius 2 is 1.08 bits per heavy atom. The van der Waals surface area contributed by atoms with Crippen LogP contribution in [0.1, 0.15) is 2.85 Å². The van der Waals surface area contributed by atoms with Crippen LogP contribution in [0.5, 0.6) is 0 Å². The number of hydrogen-bond acceptors (Lipinski definition) is 3. The SMILES string of the molecule is O=P(O)(O)O.O=S(=O)(O)O.[Fe].[H-].[H-].[Mg+2]. The van der Waals surface area contributed by atoms with Gasteiger partial charge in [-0.15, -0.1) is 0 Å². The van der Waals surface area contributed by atoms with E-state index in [1.165, 1.54) is 0 Å². The van der Waals surface area contributed by atoms with E-state index in [4.69, 9.17) is 36.8 Å². The molecule has 76 valence electrons. The van der Waals surface area contributed by atoms with Crippen LogP contribution in [-0.4, -0.2) is 55.3 Å². The van der Waals surface area contributed by atoms with Crippen molar-refractivity contribution in [3.63, 3.8) is 0 Å². The molecule has 0 bridgehead atoms. The Balaban J connectivity index is -0.0000000178. The molecule has 5 N–H and O–H groups in total. The van der Waals surface area contributed by atoms with Gasteiger partial charge in [-0.2, -0.15) is 8.42 Å². The van der Waals surface area contributed by atoms with Crippen LogP contribution < -0.4 is 0 Å². The molecule has 12 heavy (non-hydrogen) atoms. The third kappa shape index (κ3) is 741. The van der Waals surface area contributed by atoms with Crippen LogP contribution in [0.25, 0.3) is 0 Å². The zero-order chi connectivity index (χ0) is 9.00. The van der Waals surface area contributed by atoms with E-state index in [1.54, 1.807) is 0 Å². The Labute approximate surface area is 97.8 Å². The van der Waals surface area contributed by atoms with Gasteiger partial charge in [0.2, 0.25) is 0 Å². The standard InChI is InChI=1S/Fe.Mg.H3O4P.H2O4S.2H/c;;2*1-5(2,3)4;;/h;;(H3,1,2,3,4);(H2,1,2,3,4);;/q;+2;;;2*-1. The van der Waals surface area contributed by atoms with Gasteiger partial charge < -0.3 is 17.5 Å². The minimum Gasteiger partial charge on any atom is -1.00 e. The van der Waals surface area contributed by atoms with Gasteiger partial charge in [0.15, 0.2) is 0 Å². The fourth-order valence-electron chi connectivity index (χ4n) is 0. The summed E-state index contributed by atoms with van der Waals surface area (Å²) in [4.78, 5) is 21.6. The molecule has 0 amide bonds. The average molecular weight is 278 g/mol. The molecule has 0 aliphatic carbocycles. The van der Waals surface area contributed by atoms with Gasteiger partial charge in [0.1, 0.15) is 0 Å². The van der Waals surface area contributed by atoms with Crippen molar-refractivity contribution in [2.75, 3.05) is 0 Å². The normalized spacial score (nSPS) is 9.75. The molecule has 0 saturated carbocycles. The second-order valence-corrected chi connectivity index (χ2v) is 2.88. The quantitative estimate of drug-likeness (QED) is 0.199. The maximum absolute atomic E-state index is 8.88. The molecule has 0 fully saturated rings. The van der Waals surface area contributed by atoms with E-state index in [9.17, 15) is 0 Å². The third-order valence-electron chi connectivity index (χ3n) is 0. The molecule has 0 atom stereocenters. The van der Waals surface area contributed by atoms with Crippen molar-refractivity contribution in [3.05, 3.63) is 0 Å². The van der Waals surface area contributed by atoms with Crippen molar-refractivity contribution in [2.24, 2.45) is 0 Å². The van der Waals surface area contributed by atoms with Gasteiger partial charge in [0.05, 0.1) is 0 Å². The summed E-state index contributed by atoms with van der Waals surface area (Å²) in [5, 5.41) is 0. The van der Waals surface area contributed by atoms with E-state index in [2.05, 4.69) is 0 Å². The molecule has 0 radical (unpaired) electrons. The van der Waals surface area contributed by atoms with E-state index in [0.29, 0.717) is 0 Å².